The van der Waals surface area contributed by atoms with Crippen molar-refractivity contribution in [3.05, 3.63) is 29.3 Å². The van der Waals surface area contributed by atoms with Crippen molar-refractivity contribution in [2.24, 2.45) is 4.99 Å². The second kappa shape index (κ2) is 8.19. The van der Waals surface area contributed by atoms with E-state index in [9.17, 15) is 8.42 Å². The van der Waals surface area contributed by atoms with E-state index in [1.807, 2.05) is 19.1 Å². The van der Waals surface area contributed by atoms with Crippen molar-refractivity contribution in [1.82, 2.24) is 15.5 Å². The largest absolute Gasteiger partial charge is 0.355 e. The highest BCUT2D eigenvalue weighted by Crippen LogP contribution is 2.26. The molecule has 0 amide bonds. The van der Waals surface area contributed by atoms with E-state index in [0.29, 0.717) is 17.5 Å². The first-order valence-electron chi connectivity index (χ1n) is 8.68. The van der Waals surface area contributed by atoms with E-state index in [1.54, 1.807) is 13.1 Å². The Balaban J connectivity index is 1.87. The zero-order chi connectivity index (χ0) is 18.6. The van der Waals surface area contributed by atoms with E-state index >= 15 is 0 Å². The highest BCUT2D eigenvalue weighted by Gasteiger charge is 2.28. The average molecular weight is 367 g/mol. The van der Waals surface area contributed by atoms with Crippen LogP contribution in [-0.2, 0) is 16.4 Å². The first-order chi connectivity index (χ1) is 11.7. The molecule has 6 nitrogen and oxygen atoms in total. The number of likely N-dealkylation sites (N-methyl/N-ethyl adjacent to an activating group) is 1. The molecule has 0 aliphatic heterocycles. The van der Waals surface area contributed by atoms with Crippen LogP contribution in [0.15, 0.2) is 28.1 Å². The lowest BCUT2D eigenvalue weighted by molar-refractivity contribution is 0.247. The van der Waals surface area contributed by atoms with Gasteiger partial charge in [0.2, 0.25) is 0 Å². The Labute approximate surface area is 151 Å². The highest BCUT2D eigenvalue weighted by molar-refractivity contribution is 7.90. The molecular formula is C18H30N4O2S. The number of benzene rings is 1. The van der Waals surface area contributed by atoms with Crippen molar-refractivity contribution < 1.29 is 8.42 Å². The molecular weight excluding hydrogens is 336 g/mol. The lowest BCUT2D eigenvalue weighted by Gasteiger charge is -2.25. The van der Waals surface area contributed by atoms with E-state index < -0.39 is 9.84 Å². The van der Waals surface area contributed by atoms with Gasteiger partial charge in [-0.25, -0.2) is 8.42 Å². The summed E-state index contributed by atoms with van der Waals surface area (Å²) in [4.78, 5) is 7.05. The number of hydrogen-bond donors (Lipinski definition) is 2. The number of guanidine groups is 1. The van der Waals surface area contributed by atoms with Crippen molar-refractivity contribution in [2.45, 2.75) is 50.2 Å². The lowest BCUT2D eigenvalue weighted by Crippen LogP contribution is -2.45. The zero-order valence-corrected chi connectivity index (χ0v) is 16.7. The molecule has 0 radical (unpaired) electrons. The summed E-state index contributed by atoms with van der Waals surface area (Å²) >= 11 is 0. The van der Waals surface area contributed by atoms with Gasteiger partial charge in [0, 0.05) is 38.5 Å². The molecule has 1 aromatic carbocycles. The summed E-state index contributed by atoms with van der Waals surface area (Å²) in [6.45, 7) is 5.46. The molecule has 2 rings (SSSR count). The normalized spacial score (nSPS) is 16.8. The molecule has 0 spiro atoms. The van der Waals surface area contributed by atoms with Gasteiger partial charge in [-0.2, -0.15) is 0 Å². The van der Waals surface area contributed by atoms with Crippen LogP contribution < -0.4 is 10.6 Å². The zero-order valence-electron chi connectivity index (χ0n) is 15.8. The van der Waals surface area contributed by atoms with Crippen molar-refractivity contribution in [3.8, 4) is 0 Å². The van der Waals surface area contributed by atoms with Gasteiger partial charge >= 0.3 is 0 Å². The van der Waals surface area contributed by atoms with E-state index in [0.717, 1.165) is 29.7 Å². The summed E-state index contributed by atoms with van der Waals surface area (Å²) in [5.74, 6) is 0.751. The Hall–Kier alpha value is -1.60. The van der Waals surface area contributed by atoms with Crippen molar-refractivity contribution in [2.75, 3.05) is 26.9 Å². The Morgan fingerprint density at radius 1 is 1.36 bits per heavy atom. The van der Waals surface area contributed by atoms with Crippen LogP contribution in [0.3, 0.4) is 0 Å². The molecule has 1 saturated carbocycles. The quantitative estimate of drug-likeness (QED) is 0.566. The smallest absolute Gasteiger partial charge is 0.191 e. The van der Waals surface area contributed by atoms with Gasteiger partial charge in [-0.1, -0.05) is 12.1 Å². The van der Waals surface area contributed by atoms with Gasteiger partial charge in [0.25, 0.3) is 0 Å². The topological polar surface area (TPSA) is 73.8 Å². The number of sulfone groups is 1. The van der Waals surface area contributed by atoms with Gasteiger partial charge in [0.1, 0.15) is 0 Å². The molecule has 1 unspecified atom stereocenters. The molecule has 1 aliphatic carbocycles. The molecule has 140 valence electrons. The predicted octanol–water partition coefficient (Wildman–Crippen LogP) is 1.55. The Kier molecular flexibility index (Phi) is 6.46. The molecule has 1 fully saturated rings. The number of hydrogen-bond acceptors (Lipinski definition) is 4. The molecule has 1 aromatic rings. The Bertz CT molecular complexity index is 727. The maximum atomic E-state index is 11.7. The van der Waals surface area contributed by atoms with E-state index in [2.05, 4.69) is 34.5 Å². The number of aryl methyl sites for hydroxylation is 1. The lowest BCUT2D eigenvalue weighted by atomic mass is 10.1. The van der Waals surface area contributed by atoms with Gasteiger partial charge in [-0.3, -0.25) is 9.89 Å². The van der Waals surface area contributed by atoms with Crippen LogP contribution in [0.1, 0.15) is 30.9 Å². The van der Waals surface area contributed by atoms with E-state index in [4.69, 9.17) is 0 Å². The van der Waals surface area contributed by atoms with Gasteiger partial charge in [0.15, 0.2) is 15.8 Å². The van der Waals surface area contributed by atoms with Gasteiger partial charge in [0.05, 0.1) is 4.90 Å². The highest BCUT2D eigenvalue weighted by atomic mass is 32.2. The van der Waals surface area contributed by atoms with Crippen LogP contribution in [0.5, 0.6) is 0 Å². The summed E-state index contributed by atoms with van der Waals surface area (Å²) in [6, 6.07) is 6.60. The maximum Gasteiger partial charge on any atom is 0.191 e. The fraction of sp³-hybridized carbons (Fsp3) is 0.611. The van der Waals surface area contributed by atoms with Crippen LogP contribution in [0.2, 0.25) is 0 Å². The van der Waals surface area contributed by atoms with Crippen LogP contribution in [-0.4, -0.2) is 58.3 Å². The van der Waals surface area contributed by atoms with Crippen LogP contribution in [0.25, 0.3) is 0 Å². The van der Waals surface area contributed by atoms with Crippen molar-refractivity contribution in [1.29, 1.82) is 0 Å². The number of nitrogens with one attached hydrogen (secondary N) is 2. The minimum absolute atomic E-state index is 0.385. The molecule has 2 N–H and O–H groups in total. The predicted molar refractivity (Wildman–Crippen MR) is 103 cm³/mol. The number of aliphatic imine (C=N–C) groups is 1. The van der Waals surface area contributed by atoms with Gasteiger partial charge in [-0.15, -0.1) is 0 Å². The summed E-state index contributed by atoms with van der Waals surface area (Å²) in [5, 5.41) is 6.64. The summed E-state index contributed by atoms with van der Waals surface area (Å²) < 4.78 is 23.4. The molecule has 25 heavy (non-hydrogen) atoms. The molecule has 0 aromatic heterocycles. The molecule has 1 aliphatic rings. The monoisotopic (exact) mass is 366 g/mol. The van der Waals surface area contributed by atoms with E-state index in [-0.39, 0.29) is 0 Å². The SMILES string of the molecule is CN=C(NCc1ccc(S(C)(=O)=O)c(C)c1)NCC(C)N(C)C1CC1. The van der Waals surface area contributed by atoms with E-state index in [1.165, 1.54) is 19.1 Å². The summed E-state index contributed by atoms with van der Waals surface area (Å²) in [7, 11) is 0.750. The Morgan fingerprint density at radius 3 is 2.56 bits per heavy atom. The third kappa shape index (κ3) is 5.71. The molecule has 0 saturated heterocycles. The first kappa shape index (κ1) is 19.7. The number of rotatable bonds is 7. The van der Waals surface area contributed by atoms with Gasteiger partial charge < -0.3 is 10.6 Å². The minimum atomic E-state index is -3.18. The second-order valence-corrected chi connectivity index (χ2v) is 8.91. The Morgan fingerprint density at radius 2 is 2.04 bits per heavy atom. The van der Waals surface area contributed by atoms with Crippen LogP contribution in [0.4, 0.5) is 0 Å². The van der Waals surface area contributed by atoms with Crippen LogP contribution >= 0.6 is 0 Å². The number of nitrogens with zero attached hydrogens (tertiary/aromatic N) is 2. The van der Waals surface area contributed by atoms with Crippen molar-refractivity contribution in [3.63, 3.8) is 0 Å². The fourth-order valence-corrected chi connectivity index (χ4v) is 3.83. The molecule has 0 heterocycles. The van der Waals surface area contributed by atoms with Crippen LogP contribution in [0, 0.1) is 6.92 Å². The van der Waals surface area contributed by atoms with Gasteiger partial charge in [-0.05, 0) is 50.9 Å². The molecule has 1 atom stereocenters. The maximum absolute atomic E-state index is 11.7. The standard InChI is InChI=1S/C18H30N4O2S/c1-13-10-15(6-9-17(13)25(5,23)24)12-21-18(19-3)20-11-14(2)22(4)16-7-8-16/h6,9-10,14,16H,7-8,11-12H2,1-5H3,(H2,19,20,21). The average Bonchev–Trinajstić information content (AvgIpc) is 3.37. The molecule has 7 heteroatoms. The summed E-state index contributed by atoms with van der Waals surface area (Å²) in [5.41, 5.74) is 1.79. The molecule has 0 bridgehead atoms. The second-order valence-electron chi connectivity index (χ2n) is 6.92. The minimum Gasteiger partial charge on any atom is -0.355 e. The summed E-state index contributed by atoms with van der Waals surface area (Å²) in [6.07, 6.45) is 3.84. The third-order valence-corrected chi connectivity index (χ3v) is 5.96. The first-order valence-corrected chi connectivity index (χ1v) is 10.6. The van der Waals surface area contributed by atoms with Crippen molar-refractivity contribution >= 4 is 15.8 Å². The third-order valence-electron chi connectivity index (χ3n) is 4.71. The fourth-order valence-electron chi connectivity index (χ4n) is 2.87.